The zero-order chi connectivity index (χ0) is 29.6. The third-order valence-corrected chi connectivity index (χ3v) is 10.9. The predicted molar refractivity (Wildman–Crippen MR) is 164 cm³/mol. The normalized spacial score (nSPS) is 25.1. The number of piperidine rings is 1. The first kappa shape index (κ1) is 32.6. The van der Waals surface area contributed by atoms with Crippen LogP contribution in [0.5, 0.6) is 0 Å². The highest BCUT2D eigenvalue weighted by atomic mass is 19.1. The number of halogens is 2. The molecule has 1 spiro atoms. The van der Waals surface area contributed by atoms with E-state index in [1.54, 1.807) is 0 Å². The SMILES string of the molecule is C.CCc1nn(CC)c2c1CCC21CCN([C@H](C)[C@H]2C[C@H](N(C)[C@@H](C(=O)O)C(C)C)C[C@@H]2c2cc(F)cc(F)c2)CC1. The van der Waals surface area contributed by atoms with Crippen LogP contribution >= 0.6 is 0 Å². The second kappa shape index (κ2) is 12.7. The zero-order valence-corrected chi connectivity index (χ0v) is 25.7. The van der Waals surface area contributed by atoms with Crippen LogP contribution in [0.25, 0.3) is 0 Å². The van der Waals surface area contributed by atoms with Crippen molar-refractivity contribution in [3.05, 3.63) is 52.3 Å². The van der Waals surface area contributed by atoms with E-state index < -0.39 is 23.6 Å². The van der Waals surface area contributed by atoms with E-state index in [1.807, 2.05) is 25.8 Å². The number of rotatable bonds is 9. The number of nitrogens with zero attached hydrogens (tertiary/aromatic N) is 4. The maximum Gasteiger partial charge on any atom is 0.321 e. The quantitative estimate of drug-likeness (QED) is 0.357. The summed E-state index contributed by atoms with van der Waals surface area (Å²) >= 11 is 0. The molecule has 0 unspecified atom stereocenters. The lowest BCUT2D eigenvalue weighted by molar-refractivity contribution is -0.145. The van der Waals surface area contributed by atoms with E-state index in [-0.39, 0.29) is 42.7 Å². The van der Waals surface area contributed by atoms with Crippen LogP contribution in [0.4, 0.5) is 8.78 Å². The number of aliphatic carboxylic acids is 1. The smallest absolute Gasteiger partial charge is 0.321 e. The maximum atomic E-state index is 14.4. The third-order valence-electron chi connectivity index (χ3n) is 10.9. The molecule has 42 heavy (non-hydrogen) atoms. The lowest BCUT2D eigenvalue weighted by atomic mass is 9.75. The van der Waals surface area contributed by atoms with Gasteiger partial charge < -0.3 is 10.0 Å². The van der Waals surface area contributed by atoms with Crippen LogP contribution in [0.15, 0.2) is 18.2 Å². The van der Waals surface area contributed by atoms with E-state index in [4.69, 9.17) is 5.10 Å². The summed E-state index contributed by atoms with van der Waals surface area (Å²) in [5.74, 6) is -1.83. The molecule has 2 aromatic rings. The second-order valence-electron chi connectivity index (χ2n) is 13.3. The summed E-state index contributed by atoms with van der Waals surface area (Å²) in [6.45, 7) is 13.4. The van der Waals surface area contributed by atoms with Gasteiger partial charge >= 0.3 is 5.97 Å². The summed E-state index contributed by atoms with van der Waals surface area (Å²) in [6, 6.07) is 3.55. The number of hydrogen-bond acceptors (Lipinski definition) is 4. The van der Waals surface area contributed by atoms with Gasteiger partial charge in [-0.3, -0.25) is 14.4 Å². The lowest BCUT2D eigenvalue weighted by Crippen LogP contribution is -2.49. The molecule has 5 rings (SSSR count). The summed E-state index contributed by atoms with van der Waals surface area (Å²) in [7, 11) is 1.91. The van der Waals surface area contributed by atoms with Crippen LogP contribution in [0.1, 0.15) is 103 Å². The molecule has 6 nitrogen and oxygen atoms in total. The molecule has 5 atom stereocenters. The first-order valence-electron chi connectivity index (χ1n) is 15.7. The number of carbonyl (C=O) groups is 1. The van der Waals surface area contributed by atoms with Crippen LogP contribution in [0.2, 0.25) is 0 Å². The van der Waals surface area contributed by atoms with Gasteiger partial charge in [0, 0.05) is 35.8 Å². The topological polar surface area (TPSA) is 61.6 Å². The Morgan fingerprint density at radius 1 is 1.10 bits per heavy atom. The molecule has 1 saturated carbocycles. The number of hydrogen-bond donors (Lipinski definition) is 1. The van der Waals surface area contributed by atoms with Gasteiger partial charge in [0.2, 0.25) is 0 Å². The molecule has 234 valence electrons. The van der Waals surface area contributed by atoms with E-state index in [0.29, 0.717) is 12.0 Å². The second-order valence-corrected chi connectivity index (χ2v) is 13.3. The Kier molecular flexibility index (Phi) is 9.88. The molecule has 1 aromatic heterocycles. The standard InChI is InChI=1S/C33H48F2N4O2.CH4/c1-7-29-26-9-10-33(31(26)39(8-2)36-29)11-13-38(14-12-33)21(5)27-18-25(37(6)30(20(3)4)32(40)41)19-28(27)22-15-23(34)17-24(35)16-22;/h15-17,20-21,25,27-28,30H,7-14,18-19H2,1-6H3,(H,40,41);1H4/t21-,25+,27-,28-,30-;/m1./s1. The fourth-order valence-corrected chi connectivity index (χ4v) is 8.76. The van der Waals surface area contributed by atoms with Gasteiger partial charge in [-0.05, 0) is 120 Å². The van der Waals surface area contributed by atoms with Crippen molar-refractivity contribution in [2.24, 2.45) is 11.8 Å². The molecule has 1 saturated heterocycles. The molecule has 1 aliphatic heterocycles. The molecular formula is C34H52F2N4O2. The third kappa shape index (κ3) is 5.78. The molecule has 1 N–H and O–H groups in total. The minimum atomic E-state index is -0.817. The van der Waals surface area contributed by atoms with Gasteiger partial charge in [-0.2, -0.15) is 5.10 Å². The van der Waals surface area contributed by atoms with E-state index in [1.165, 1.54) is 35.5 Å². The van der Waals surface area contributed by atoms with Gasteiger partial charge in [-0.25, -0.2) is 8.78 Å². The number of likely N-dealkylation sites (N-methyl/N-ethyl adjacent to an activating group) is 1. The Balaban J connectivity index is 0.00000405. The number of carboxylic acid groups (broad SMARTS) is 1. The number of carboxylic acids is 1. The van der Waals surface area contributed by atoms with Gasteiger partial charge in [-0.15, -0.1) is 0 Å². The van der Waals surface area contributed by atoms with Crippen LogP contribution < -0.4 is 0 Å². The zero-order valence-electron chi connectivity index (χ0n) is 25.7. The van der Waals surface area contributed by atoms with Crippen molar-refractivity contribution in [3.8, 4) is 0 Å². The molecule has 3 aliphatic rings. The van der Waals surface area contributed by atoms with Crippen molar-refractivity contribution < 1.29 is 18.7 Å². The predicted octanol–water partition coefficient (Wildman–Crippen LogP) is 6.65. The minimum Gasteiger partial charge on any atom is -0.480 e. The molecule has 2 fully saturated rings. The average Bonchev–Trinajstić information content (AvgIpc) is 3.62. The van der Waals surface area contributed by atoms with Gasteiger partial charge in [0.25, 0.3) is 0 Å². The molecule has 0 amide bonds. The van der Waals surface area contributed by atoms with Crippen molar-refractivity contribution >= 4 is 5.97 Å². The Bertz CT molecular complexity index is 1230. The minimum absolute atomic E-state index is 0. The van der Waals surface area contributed by atoms with Crippen molar-refractivity contribution in [2.75, 3.05) is 20.1 Å². The van der Waals surface area contributed by atoms with E-state index in [9.17, 15) is 18.7 Å². The maximum absolute atomic E-state index is 14.4. The summed E-state index contributed by atoms with van der Waals surface area (Å²) in [6.07, 6.45) is 7.01. The number of fused-ring (bicyclic) bond motifs is 2. The first-order valence-corrected chi connectivity index (χ1v) is 15.7. The van der Waals surface area contributed by atoms with Gasteiger partial charge in [0.1, 0.15) is 17.7 Å². The monoisotopic (exact) mass is 586 g/mol. The van der Waals surface area contributed by atoms with E-state index in [0.717, 1.165) is 57.8 Å². The summed E-state index contributed by atoms with van der Waals surface area (Å²) in [4.78, 5) is 16.8. The molecule has 0 bridgehead atoms. The van der Waals surface area contributed by atoms with Crippen LogP contribution in [0.3, 0.4) is 0 Å². The molecule has 2 aliphatic carbocycles. The number of aromatic nitrogens is 2. The Morgan fingerprint density at radius 3 is 2.29 bits per heavy atom. The highest BCUT2D eigenvalue weighted by Gasteiger charge is 2.48. The lowest BCUT2D eigenvalue weighted by Gasteiger charge is -2.44. The Labute approximate surface area is 251 Å². The first-order chi connectivity index (χ1) is 19.5. The summed E-state index contributed by atoms with van der Waals surface area (Å²) in [5, 5.41) is 14.9. The fourth-order valence-electron chi connectivity index (χ4n) is 8.76. The van der Waals surface area contributed by atoms with Gasteiger partial charge in [-0.1, -0.05) is 28.2 Å². The average molecular weight is 587 g/mol. The number of likely N-dealkylation sites (tertiary alicyclic amines) is 1. The highest BCUT2D eigenvalue weighted by Crippen LogP contribution is 2.50. The fraction of sp³-hybridized carbons (Fsp3) is 0.706. The number of benzene rings is 1. The molecule has 0 radical (unpaired) electrons. The van der Waals surface area contributed by atoms with Crippen LogP contribution in [0, 0.1) is 23.5 Å². The summed E-state index contributed by atoms with van der Waals surface area (Å²) in [5.41, 5.74) is 5.12. The van der Waals surface area contributed by atoms with Crippen molar-refractivity contribution in [1.29, 1.82) is 0 Å². The Hall–Kier alpha value is -2.32. The largest absolute Gasteiger partial charge is 0.480 e. The van der Waals surface area contributed by atoms with E-state index in [2.05, 4.69) is 30.4 Å². The van der Waals surface area contributed by atoms with Crippen LogP contribution in [-0.4, -0.2) is 68.9 Å². The Morgan fingerprint density at radius 2 is 1.74 bits per heavy atom. The molecule has 8 heteroatoms. The van der Waals surface area contributed by atoms with Crippen molar-refractivity contribution in [2.45, 2.75) is 123 Å². The van der Waals surface area contributed by atoms with Gasteiger partial charge in [0.05, 0.1) is 5.69 Å². The molecule has 2 heterocycles. The van der Waals surface area contributed by atoms with E-state index >= 15 is 0 Å². The van der Waals surface area contributed by atoms with Crippen LogP contribution in [-0.2, 0) is 29.6 Å². The van der Waals surface area contributed by atoms with Gasteiger partial charge in [0.15, 0.2) is 0 Å². The summed E-state index contributed by atoms with van der Waals surface area (Å²) < 4.78 is 31.1. The number of aryl methyl sites for hydroxylation is 2. The molecular weight excluding hydrogens is 534 g/mol. The highest BCUT2D eigenvalue weighted by molar-refractivity contribution is 5.73. The van der Waals surface area contributed by atoms with Crippen molar-refractivity contribution in [3.63, 3.8) is 0 Å². The van der Waals surface area contributed by atoms with Crippen molar-refractivity contribution in [1.82, 2.24) is 19.6 Å². The molecule has 1 aromatic carbocycles.